The Hall–Kier alpha value is -2.79. The highest BCUT2D eigenvalue weighted by Crippen LogP contribution is 2.27. The van der Waals surface area contributed by atoms with Gasteiger partial charge in [0.25, 0.3) is 0 Å². The van der Waals surface area contributed by atoms with Gasteiger partial charge in [-0.15, -0.1) is 0 Å². The van der Waals surface area contributed by atoms with Crippen LogP contribution in [0.1, 0.15) is 21.9 Å². The number of carbonyl (C=O) groups is 1. The first-order chi connectivity index (χ1) is 12.7. The minimum atomic E-state index is -0.0884. The van der Waals surface area contributed by atoms with Crippen molar-refractivity contribution < 1.29 is 18.7 Å². The average molecular weight is 413 g/mol. The van der Waals surface area contributed by atoms with Crippen LogP contribution in [0.2, 0.25) is 0 Å². The number of hydrogen-bond acceptors (Lipinski definition) is 4. The van der Waals surface area contributed by atoms with Crippen molar-refractivity contribution in [3.8, 4) is 11.5 Å². The lowest BCUT2D eigenvalue weighted by Gasteiger charge is -2.08. The van der Waals surface area contributed by atoms with Gasteiger partial charge in [-0.1, -0.05) is 40.2 Å². The summed E-state index contributed by atoms with van der Waals surface area (Å²) < 4.78 is 17.5. The van der Waals surface area contributed by atoms with Crippen molar-refractivity contribution in [3.05, 3.63) is 88.3 Å². The Kier molecular flexibility index (Phi) is 5.92. The highest BCUT2D eigenvalue weighted by Gasteiger charge is 2.06. The Morgan fingerprint density at radius 1 is 1.08 bits per heavy atom. The van der Waals surface area contributed by atoms with Crippen molar-refractivity contribution in [1.82, 2.24) is 0 Å². The first-order valence-corrected chi connectivity index (χ1v) is 8.77. The zero-order chi connectivity index (χ0) is 18.4. The number of rotatable bonds is 7. The van der Waals surface area contributed by atoms with Gasteiger partial charge in [0, 0.05) is 10.0 Å². The monoisotopic (exact) mass is 412 g/mol. The second-order valence-corrected chi connectivity index (χ2v) is 6.37. The summed E-state index contributed by atoms with van der Waals surface area (Å²) >= 11 is 3.36. The average Bonchev–Trinajstić information content (AvgIpc) is 3.12. The van der Waals surface area contributed by atoms with Crippen LogP contribution in [-0.2, 0) is 6.61 Å². The SMILES string of the molecule is COc1ccccc1OCc1ccc(/C=C/C(=O)c2cccc(Br)c2)o1. The number of hydrogen-bond donors (Lipinski definition) is 0. The van der Waals surface area contributed by atoms with Crippen LogP contribution in [0.4, 0.5) is 0 Å². The molecule has 0 spiro atoms. The predicted molar refractivity (Wildman–Crippen MR) is 104 cm³/mol. The van der Waals surface area contributed by atoms with E-state index in [1.54, 1.807) is 31.4 Å². The zero-order valence-corrected chi connectivity index (χ0v) is 15.7. The smallest absolute Gasteiger partial charge is 0.186 e. The number of allylic oxidation sites excluding steroid dienone is 1. The van der Waals surface area contributed by atoms with Gasteiger partial charge in [-0.25, -0.2) is 0 Å². The molecule has 0 amide bonds. The van der Waals surface area contributed by atoms with Crippen molar-refractivity contribution in [3.63, 3.8) is 0 Å². The zero-order valence-electron chi connectivity index (χ0n) is 14.1. The molecule has 3 rings (SSSR count). The minimum absolute atomic E-state index is 0.0884. The van der Waals surface area contributed by atoms with E-state index in [4.69, 9.17) is 13.9 Å². The quantitative estimate of drug-likeness (QED) is 0.378. The topological polar surface area (TPSA) is 48.7 Å². The van der Waals surface area contributed by atoms with E-state index >= 15 is 0 Å². The normalized spacial score (nSPS) is 10.8. The third-order valence-electron chi connectivity index (χ3n) is 3.63. The molecule has 0 N–H and O–H groups in total. The molecule has 0 atom stereocenters. The second kappa shape index (κ2) is 8.54. The summed E-state index contributed by atoms with van der Waals surface area (Å²) in [5.41, 5.74) is 0.613. The number of carbonyl (C=O) groups excluding carboxylic acids is 1. The summed E-state index contributed by atoms with van der Waals surface area (Å²) in [5.74, 6) is 2.47. The van der Waals surface area contributed by atoms with Crippen LogP contribution in [0.25, 0.3) is 6.08 Å². The number of ether oxygens (including phenoxy) is 2. The Morgan fingerprint density at radius 3 is 2.65 bits per heavy atom. The molecule has 0 saturated carbocycles. The molecule has 0 aliphatic carbocycles. The lowest BCUT2D eigenvalue weighted by atomic mass is 10.1. The summed E-state index contributed by atoms with van der Waals surface area (Å²) in [6, 6.07) is 18.3. The van der Waals surface area contributed by atoms with Crippen molar-refractivity contribution in [2.45, 2.75) is 6.61 Å². The van der Waals surface area contributed by atoms with Crippen LogP contribution in [-0.4, -0.2) is 12.9 Å². The van der Waals surface area contributed by atoms with Crippen LogP contribution < -0.4 is 9.47 Å². The summed E-state index contributed by atoms with van der Waals surface area (Å²) in [4.78, 5) is 12.2. The molecular formula is C21H17BrO4. The van der Waals surface area contributed by atoms with Crippen molar-refractivity contribution in [1.29, 1.82) is 0 Å². The fourth-order valence-corrected chi connectivity index (χ4v) is 2.74. The number of furan rings is 1. The van der Waals surface area contributed by atoms with Crippen LogP contribution in [0, 0.1) is 0 Å². The van der Waals surface area contributed by atoms with Gasteiger partial charge in [-0.3, -0.25) is 4.79 Å². The van der Waals surface area contributed by atoms with Gasteiger partial charge in [-0.2, -0.15) is 0 Å². The van der Waals surface area contributed by atoms with Gasteiger partial charge in [0.1, 0.15) is 18.1 Å². The maximum atomic E-state index is 12.2. The molecule has 4 nitrogen and oxygen atoms in total. The van der Waals surface area contributed by atoms with Crippen molar-refractivity contribution >= 4 is 27.8 Å². The van der Waals surface area contributed by atoms with E-state index in [0.717, 1.165) is 4.47 Å². The number of para-hydroxylation sites is 2. The maximum absolute atomic E-state index is 12.2. The Balaban J connectivity index is 1.62. The van der Waals surface area contributed by atoms with E-state index in [2.05, 4.69) is 15.9 Å². The molecule has 26 heavy (non-hydrogen) atoms. The summed E-state index contributed by atoms with van der Waals surface area (Å²) in [7, 11) is 1.60. The van der Waals surface area contributed by atoms with Crippen molar-refractivity contribution in [2.75, 3.05) is 7.11 Å². The summed E-state index contributed by atoms with van der Waals surface area (Å²) in [5, 5.41) is 0. The van der Waals surface area contributed by atoms with Gasteiger partial charge in [0.15, 0.2) is 17.3 Å². The summed E-state index contributed by atoms with van der Waals surface area (Å²) in [6.07, 6.45) is 3.14. The van der Waals surface area contributed by atoms with E-state index < -0.39 is 0 Å². The molecule has 0 fully saturated rings. The van der Waals surface area contributed by atoms with Crippen LogP contribution in [0.5, 0.6) is 11.5 Å². The molecule has 5 heteroatoms. The van der Waals surface area contributed by atoms with E-state index in [0.29, 0.717) is 28.6 Å². The number of benzene rings is 2. The predicted octanol–water partition coefficient (Wildman–Crippen LogP) is 5.53. The molecule has 0 radical (unpaired) electrons. The largest absolute Gasteiger partial charge is 0.493 e. The van der Waals surface area contributed by atoms with Gasteiger partial charge < -0.3 is 13.9 Å². The van der Waals surface area contributed by atoms with E-state index in [9.17, 15) is 4.79 Å². The molecule has 0 bridgehead atoms. The van der Waals surface area contributed by atoms with Crippen LogP contribution >= 0.6 is 15.9 Å². The van der Waals surface area contributed by atoms with Crippen LogP contribution in [0.15, 0.2) is 75.6 Å². The highest BCUT2D eigenvalue weighted by atomic mass is 79.9. The first kappa shape index (κ1) is 18.0. The molecule has 1 heterocycles. The number of halogens is 1. The van der Waals surface area contributed by atoms with Gasteiger partial charge >= 0.3 is 0 Å². The number of ketones is 1. The lowest BCUT2D eigenvalue weighted by molar-refractivity contribution is 0.104. The molecule has 2 aromatic carbocycles. The van der Waals surface area contributed by atoms with Gasteiger partial charge in [0.2, 0.25) is 0 Å². The van der Waals surface area contributed by atoms with E-state index in [1.807, 2.05) is 42.5 Å². The van der Waals surface area contributed by atoms with E-state index in [-0.39, 0.29) is 12.4 Å². The van der Waals surface area contributed by atoms with Crippen LogP contribution in [0.3, 0.4) is 0 Å². The molecule has 0 unspecified atom stereocenters. The number of methoxy groups -OCH3 is 1. The lowest BCUT2D eigenvalue weighted by Crippen LogP contribution is -1.96. The third kappa shape index (κ3) is 4.64. The molecule has 0 saturated heterocycles. The molecule has 1 aromatic heterocycles. The minimum Gasteiger partial charge on any atom is -0.493 e. The molecule has 132 valence electrons. The molecule has 3 aromatic rings. The molecule has 0 aliphatic heterocycles. The van der Waals surface area contributed by atoms with Gasteiger partial charge in [-0.05, 0) is 48.6 Å². The van der Waals surface area contributed by atoms with Gasteiger partial charge in [0.05, 0.1) is 7.11 Å². The summed E-state index contributed by atoms with van der Waals surface area (Å²) in [6.45, 7) is 0.272. The van der Waals surface area contributed by atoms with Crippen molar-refractivity contribution in [2.24, 2.45) is 0 Å². The highest BCUT2D eigenvalue weighted by molar-refractivity contribution is 9.10. The Bertz CT molecular complexity index is 927. The van der Waals surface area contributed by atoms with E-state index in [1.165, 1.54) is 6.08 Å². The fraction of sp³-hybridized carbons (Fsp3) is 0.0952. The maximum Gasteiger partial charge on any atom is 0.186 e. The fourth-order valence-electron chi connectivity index (χ4n) is 2.34. The molecular weight excluding hydrogens is 396 g/mol. The Labute approximate surface area is 160 Å². The second-order valence-electron chi connectivity index (χ2n) is 5.45. The Morgan fingerprint density at radius 2 is 1.88 bits per heavy atom. The standard InChI is InChI=1S/C21H17BrO4/c1-24-20-7-2-3-8-21(20)25-14-18-10-9-17(26-18)11-12-19(23)15-5-4-6-16(22)13-15/h2-13H,14H2,1H3/b12-11+. The third-order valence-corrected chi connectivity index (χ3v) is 4.12. The molecule has 0 aliphatic rings. The first-order valence-electron chi connectivity index (χ1n) is 7.98.